The van der Waals surface area contributed by atoms with Crippen molar-refractivity contribution in [1.29, 1.82) is 0 Å². The molecule has 0 bridgehead atoms. The Morgan fingerprint density at radius 2 is 2.00 bits per heavy atom. The van der Waals surface area contributed by atoms with Gasteiger partial charge in [-0.1, -0.05) is 32.5 Å². The van der Waals surface area contributed by atoms with E-state index >= 15 is 0 Å². The third-order valence-corrected chi connectivity index (χ3v) is 2.71. The fraction of sp³-hybridized carbons (Fsp3) is 0.500. The molecule has 3 heteroatoms. The van der Waals surface area contributed by atoms with Crippen LogP contribution in [-0.4, -0.2) is 9.73 Å². The van der Waals surface area contributed by atoms with Crippen LogP contribution in [0.25, 0.3) is 0 Å². The summed E-state index contributed by atoms with van der Waals surface area (Å²) in [7, 11) is 0. The first kappa shape index (κ1) is 10.4. The highest BCUT2D eigenvalue weighted by Gasteiger charge is 2.15. The van der Waals surface area contributed by atoms with Gasteiger partial charge in [-0.15, -0.1) is 0 Å². The lowest BCUT2D eigenvalue weighted by atomic mass is 10.2. The van der Waals surface area contributed by atoms with E-state index < -0.39 is 0 Å². The lowest BCUT2D eigenvalue weighted by Crippen LogP contribution is -2.08. The Labute approximate surface area is 83.9 Å². The molecule has 2 N–H and O–H groups in total. The first-order chi connectivity index (χ1) is 5.90. The fourth-order valence-corrected chi connectivity index (χ4v) is 1.88. The second-order valence-corrected chi connectivity index (χ2v) is 5.88. The van der Waals surface area contributed by atoms with Crippen molar-refractivity contribution in [2.45, 2.75) is 37.5 Å². The molecule has 1 rings (SSSR count). The topological polar surface area (TPSA) is 38.9 Å². The molecule has 72 valence electrons. The van der Waals surface area contributed by atoms with Crippen LogP contribution in [-0.2, 0) is 0 Å². The first-order valence-electron chi connectivity index (χ1n) is 4.30. The van der Waals surface area contributed by atoms with Gasteiger partial charge in [-0.2, -0.15) is 0 Å². The van der Waals surface area contributed by atoms with Crippen LogP contribution in [0.1, 0.15) is 26.3 Å². The van der Waals surface area contributed by atoms with E-state index in [0.29, 0.717) is 0 Å². The second kappa shape index (κ2) is 3.58. The number of aryl methyl sites for hydroxylation is 1. The zero-order valence-electron chi connectivity index (χ0n) is 8.59. The minimum Gasteiger partial charge on any atom is -0.396 e. The number of nitrogens with two attached hydrogens (primary N) is 1. The van der Waals surface area contributed by atoms with Crippen molar-refractivity contribution in [3.8, 4) is 0 Å². The second-order valence-electron chi connectivity index (χ2n) is 4.06. The van der Waals surface area contributed by atoms with Crippen molar-refractivity contribution in [1.82, 2.24) is 4.98 Å². The van der Waals surface area contributed by atoms with Gasteiger partial charge in [-0.05, 0) is 18.6 Å². The van der Waals surface area contributed by atoms with Gasteiger partial charge >= 0.3 is 0 Å². The normalized spacial score (nSPS) is 11.7. The SMILES string of the molecule is Cc1ccnc(SC(C)(C)C)c1N. The Hall–Kier alpha value is -0.700. The van der Waals surface area contributed by atoms with E-state index in [1.165, 1.54) is 0 Å². The maximum atomic E-state index is 5.91. The molecule has 0 aromatic carbocycles. The number of pyridine rings is 1. The molecule has 2 nitrogen and oxygen atoms in total. The number of anilines is 1. The smallest absolute Gasteiger partial charge is 0.120 e. The van der Waals surface area contributed by atoms with E-state index in [9.17, 15) is 0 Å². The van der Waals surface area contributed by atoms with Crippen LogP contribution in [0.5, 0.6) is 0 Å². The zero-order valence-corrected chi connectivity index (χ0v) is 9.40. The van der Waals surface area contributed by atoms with Crippen molar-refractivity contribution in [3.63, 3.8) is 0 Å². The lowest BCUT2D eigenvalue weighted by Gasteiger charge is -2.18. The molecule has 1 aromatic heterocycles. The van der Waals surface area contributed by atoms with Gasteiger partial charge in [0.1, 0.15) is 5.03 Å². The summed E-state index contributed by atoms with van der Waals surface area (Å²) in [6, 6.07) is 1.93. The average molecular weight is 196 g/mol. The van der Waals surface area contributed by atoms with Crippen molar-refractivity contribution in [3.05, 3.63) is 17.8 Å². The summed E-state index contributed by atoms with van der Waals surface area (Å²) in [5, 5.41) is 0.938. The first-order valence-corrected chi connectivity index (χ1v) is 5.12. The Kier molecular flexibility index (Phi) is 2.86. The highest BCUT2D eigenvalue weighted by molar-refractivity contribution is 8.00. The van der Waals surface area contributed by atoms with Gasteiger partial charge in [0.15, 0.2) is 0 Å². The highest BCUT2D eigenvalue weighted by atomic mass is 32.2. The van der Waals surface area contributed by atoms with Crippen LogP contribution in [0.3, 0.4) is 0 Å². The van der Waals surface area contributed by atoms with Gasteiger partial charge in [0.05, 0.1) is 5.69 Å². The third-order valence-electron chi connectivity index (χ3n) is 1.57. The molecular weight excluding hydrogens is 180 g/mol. The van der Waals surface area contributed by atoms with E-state index in [4.69, 9.17) is 5.73 Å². The molecule has 0 spiro atoms. The number of nitrogens with zero attached hydrogens (tertiary/aromatic N) is 1. The Balaban J connectivity index is 2.96. The number of aromatic nitrogens is 1. The van der Waals surface area contributed by atoms with Gasteiger partial charge in [0.25, 0.3) is 0 Å². The van der Waals surface area contributed by atoms with Crippen LogP contribution < -0.4 is 5.73 Å². The maximum Gasteiger partial charge on any atom is 0.120 e. The summed E-state index contributed by atoms with van der Waals surface area (Å²) >= 11 is 1.71. The van der Waals surface area contributed by atoms with Crippen molar-refractivity contribution >= 4 is 17.4 Å². The molecule has 1 aromatic rings. The third kappa shape index (κ3) is 2.92. The Bertz CT molecular complexity index is 302. The molecule has 0 atom stereocenters. The number of thioether (sulfide) groups is 1. The molecule has 0 radical (unpaired) electrons. The number of nitrogen functional groups attached to an aromatic ring is 1. The number of hydrogen-bond acceptors (Lipinski definition) is 3. The van der Waals surface area contributed by atoms with Crippen LogP contribution in [0.4, 0.5) is 5.69 Å². The lowest BCUT2D eigenvalue weighted by molar-refractivity contribution is 0.799. The largest absolute Gasteiger partial charge is 0.396 e. The van der Waals surface area contributed by atoms with Crippen molar-refractivity contribution in [2.24, 2.45) is 0 Å². The fourth-order valence-electron chi connectivity index (χ4n) is 0.916. The molecule has 13 heavy (non-hydrogen) atoms. The molecule has 0 fully saturated rings. The van der Waals surface area contributed by atoms with Crippen molar-refractivity contribution in [2.75, 3.05) is 5.73 Å². The van der Waals surface area contributed by atoms with E-state index in [0.717, 1.165) is 16.3 Å². The molecule has 0 aliphatic rings. The van der Waals surface area contributed by atoms with E-state index in [2.05, 4.69) is 25.8 Å². The van der Waals surface area contributed by atoms with Gasteiger partial charge in [0.2, 0.25) is 0 Å². The van der Waals surface area contributed by atoms with E-state index in [1.807, 2.05) is 13.0 Å². The molecule has 0 aliphatic carbocycles. The Morgan fingerprint density at radius 1 is 1.38 bits per heavy atom. The van der Waals surface area contributed by atoms with Gasteiger partial charge in [-0.3, -0.25) is 0 Å². The van der Waals surface area contributed by atoms with Crippen molar-refractivity contribution < 1.29 is 0 Å². The molecule has 0 saturated carbocycles. The summed E-state index contributed by atoms with van der Waals surface area (Å²) in [6.07, 6.45) is 1.81. The molecule has 0 aliphatic heterocycles. The van der Waals surface area contributed by atoms with E-state index in [1.54, 1.807) is 18.0 Å². The molecule has 0 unspecified atom stereocenters. The summed E-state index contributed by atoms with van der Waals surface area (Å²) in [5.41, 5.74) is 7.81. The average Bonchev–Trinajstić information content (AvgIpc) is 1.96. The highest BCUT2D eigenvalue weighted by Crippen LogP contribution is 2.34. The van der Waals surface area contributed by atoms with Crippen LogP contribution in [0.2, 0.25) is 0 Å². The molecule has 0 saturated heterocycles. The summed E-state index contributed by atoms with van der Waals surface area (Å²) in [5.74, 6) is 0. The maximum absolute atomic E-state index is 5.91. The zero-order chi connectivity index (χ0) is 10.1. The Morgan fingerprint density at radius 3 is 2.54 bits per heavy atom. The van der Waals surface area contributed by atoms with Crippen LogP contribution >= 0.6 is 11.8 Å². The number of rotatable bonds is 1. The monoisotopic (exact) mass is 196 g/mol. The molecule has 1 heterocycles. The standard InChI is InChI=1S/C10H16N2S/c1-7-5-6-12-9(8(7)11)13-10(2,3)4/h5-6H,11H2,1-4H3. The minimum absolute atomic E-state index is 0.162. The van der Waals surface area contributed by atoms with Gasteiger partial charge < -0.3 is 5.73 Å². The summed E-state index contributed by atoms with van der Waals surface area (Å²) in [6.45, 7) is 8.47. The van der Waals surface area contributed by atoms with Crippen LogP contribution in [0.15, 0.2) is 17.3 Å². The molecular formula is C10H16N2S. The van der Waals surface area contributed by atoms with E-state index in [-0.39, 0.29) is 4.75 Å². The summed E-state index contributed by atoms with van der Waals surface area (Å²) < 4.78 is 0.162. The van der Waals surface area contributed by atoms with Crippen LogP contribution in [0, 0.1) is 6.92 Å². The predicted octanol–water partition coefficient (Wildman–Crippen LogP) is 2.86. The quantitative estimate of drug-likeness (QED) is 0.702. The van der Waals surface area contributed by atoms with Gasteiger partial charge in [0, 0.05) is 10.9 Å². The molecule has 0 amide bonds. The summed E-state index contributed by atoms with van der Waals surface area (Å²) in [4.78, 5) is 4.26. The minimum atomic E-state index is 0.162. The van der Waals surface area contributed by atoms with Gasteiger partial charge in [-0.25, -0.2) is 4.98 Å². The predicted molar refractivity (Wildman–Crippen MR) is 59.0 cm³/mol. The number of hydrogen-bond donors (Lipinski definition) is 1.